The zero-order valence-corrected chi connectivity index (χ0v) is 12.5. The van der Waals surface area contributed by atoms with Crippen molar-refractivity contribution >= 4 is 5.91 Å². The van der Waals surface area contributed by atoms with Crippen LogP contribution in [0.3, 0.4) is 0 Å². The average molecular weight is 255 g/mol. The number of likely N-dealkylation sites (tertiary alicyclic amines) is 1. The highest BCUT2D eigenvalue weighted by molar-refractivity contribution is 5.84. The third-order valence-electron chi connectivity index (χ3n) is 4.07. The van der Waals surface area contributed by atoms with Gasteiger partial charge in [0.2, 0.25) is 5.91 Å². The first-order chi connectivity index (χ1) is 8.30. The van der Waals surface area contributed by atoms with Crippen molar-refractivity contribution in [3.63, 3.8) is 0 Å². The van der Waals surface area contributed by atoms with Gasteiger partial charge in [0.25, 0.3) is 0 Å². The molecule has 0 bridgehead atoms. The normalized spacial score (nSPS) is 28.6. The second-order valence-corrected chi connectivity index (χ2v) is 6.16. The smallest absolute Gasteiger partial charge is 0.238 e. The van der Waals surface area contributed by atoms with Crippen molar-refractivity contribution in [2.24, 2.45) is 5.73 Å². The van der Waals surface area contributed by atoms with Gasteiger partial charge in [-0.05, 0) is 47.0 Å². The van der Waals surface area contributed by atoms with E-state index in [4.69, 9.17) is 5.73 Å². The molecule has 3 atom stereocenters. The van der Waals surface area contributed by atoms with Crippen LogP contribution in [0.1, 0.15) is 53.9 Å². The number of amides is 1. The maximum Gasteiger partial charge on any atom is 0.238 e. The van der Waals surface area contributed by atoms with Gasteiger partial charge in [-0.15, -0.1) is 0 Å². The van der Waals surface area contributed by atoms with E-state index in [2.05, 4.69) is 24.1 Å². The molecule has 1 aliphatic heterocycles. The number of nitrogens with two attached hydrogens (primary N) is 1. The van der Waals surface area contributed by atoms with Gasteiger partial charge in [0.05, 0.1) is 0 Å². The fraction of sp³-hybridized carbons (Fsp3) is 0.929. The maximum atomic E-state index is 11.8. The van der Waals surface area contributed by atoms with Crippen LogP contribution in [0.5, 0.6) is 0 Å². The van der Waals surface area contributed by atoms with Crippen LogP contribution >= 0.6 is 0 Å². The molecule has 1 rings (SSSR count). The van der Waals surface area contributed by atoms with E-state index < -0.39 is 5.54 Å². The Morgan fingerprint density at radius 2 is 2.11 bits per heavy atom. The number of carbonyl (C=O) groups excluding carboxylic acids is 1. The number of nitrogens with one attached hydrogen (secondary N) is 1. The topological polar surface area (TPSA) is 58.4 Å². The molecule has 1 amide bonds. The van der Waals surface area contributed by atoms with Gasteiger partial charge >= 0.3 is 0 Å². The predicted molar refractivity (Wildman–Crippen MR) is 75.4 cm³/mol. The maximum absolute atomic E-state index is 11.8. The lowest BCUT2D eigenvalue weighted by molar-refractivity contribution is -0.125. The fourth-order valence-electron chi connectivity index (χ4n) is 3.05. The van der Waals surface area contributed by atoms with Crippen molar-refractivity contribution in [3.8, 4) is 0 Å². The van der Waals surface area contributed by atoms with E-state index in [1.54, 1.807) is 0 Å². The Morgan fingerprint density at radius 1 is 1.50 bits per heavy atom. The lowest BCUT2D eigenvalue weighted by Gasteiger charge is -2.38. The predicted octanol–water partition coefficient (Wildman–Crippen LogP) is 1.49. The first-order valence-corrected chi connectivity index (χ1v) is 7.13. The van der Waals surface area contributed by atoms with E-state index in [1.165, 1.54) is 12.8 Å². The molecule has 0 aliphatic carbocycles. The van der Waals surface area contributed by atoms with Crippen LogP contribution in [0.2, 0.25) is 0 Å². The molecule has 18 heavy (non-hydrogen) atoms. The molecule has 4 heteroatoms. The Balaban J connectivity index is 2.79. The lowest BCUT2D eigenvalue weighted by atomic mass is 9.98. The Hall–Kier alpha value is -0.610. The van der Waals surface area contributed by atoms with Crippen molar-refractivity contribution in [1.82, 2.24) is 10.2 Å². The van der Waals surface area contributed by atoms with Crippen LogP contribution in [0.15, 0.2) is 0 Å². The summed E-state index contributed by atoms with van der Waals surface area (Å²) < 4.78 is 0. The molecule has 1 aliphatic rings. The molecule has 0 spiro atoms. The first-order valence-electron chi connectivity index (χ1n) is 7.13. The van der Waals surface area contributed by atoms with Crippen molar-refractivity contribution in [1.29, 1.82) is 0 Å². The molecule has 0 aromatic rings. The summed E-state index contributed by atoms with van der Waals surface area (Å²) in [5.41, 5.74) is 4.96. The number of hydrogen-bond donors (Lipinski definition) is 2. The number of hydrogen-bond acceptors (Lipinski definition) is 3. The second-order valence-electron chi connectivity index (χ2n) is 6.16. The van der Waals surface area contributed by atoms with E-state index >= 15 is 0 Å². The molecular formula is C14H29N3O. The molecular weight excluding hydrogens is 226 g/mol. The highest BCUT2D eigenvalue weighted by atomic mass is 16.1. The van der Waals surface area contributed by atoms with Crippen molar-refractivity contribution in [3.05, 3.63) is 0 Å². The Kier molecular flexibility index (Phi) is 5.17. The van der Waals surface area contributed by atoms with Crippen LogP contribution < -0.4 is 11.1 Å². The summed E-state index contributed by atoms with van der Waals surface area (Å²) in [5, 5.41) is 3.33. The molecule has 1 fully saturated rings. The molecule has 3 N–H and O–H groups in total. The summed E-state index contributed by atoms with van der Waals surface area (Å²) in [6, 6.07) is 1.38. The van der Waals surface area contributed by atoms with Crippen LogP contribution in [0.25, 0.3) is 0 Å². The molecule has 0 aromatic heterocycles. The van der Waals surface area contributed by atoms with Gasteiger partial charge in [0, 0.05) is 24.7 Å². The summed E-state index contributed by atoms with van der Waals surface area (Å²) >= 11 is 0. The zero-order chi connectivity index (χ0) is 13.9. The van der Waals surface area contributed by atoms with Crippen LogP contribution in [-0.2, 0) is 4.79 Å². The van der Waals surface area contributed by atoms with Gasteiger partial charge in [0.15, 0.2) is 0 Å². The fourth-order valence-corrected chi connectivity index (χ4v) is 3.05. The Morgan fingerprint density at radius 3 is 2.56 bits per heavy atom. The van der Waals surface area contributed by atoms with Gasteiger partial charge in [0.1, 0.15) is 5.54 Å². The van der Waals surface area contributed by atoms with E-state index in [0.717, 1.165) is 6.42 Å². The summed E-state index contributed by atoms with van der Waals surface area (Å²) in [4.78, 5) is 14.2. The minimum Gasteiger partial charge on any atom is -0.368 e. The molecule has 0 saturated carbocycles. The Bertz CT molecular complexity index is 293. The quantitative estimate of drug-likeness (QED) is 0.756. The van der Waals surface area contributed by atoms with Gasteiger partial charge in [-0.1, -0.05) is 6.92 Å². The largest absolute Gasteiger partial charge is 0.368 e. The third kappa shape index (κ3) is 3.45. The van der Waals surface area contributed by atoms with Gasteiger partial charge < -0.3 is 11.1 Å². The summed E-state index contributed by atoms with van der Waals surface area (Å²) in [5.74, 6) is -0.259. The van der Waals surface area contributed by atoms with Crippen LogP contribution in [0, 0.1) is 0 Å². The highest BCUT2D eigenvalue weighted by Gasteiger charge is 2.39. The minimum atomic E-state index is -0.639. The number of primary amides is 1. The SMILES string of the molecule is CCC1CCC(C)N1CC(C)(NC(C)C)C(N)=O. The monoisotopic (exact) mass is 255 g/mol. The summed E-state index contributed by atoms with van der Waals surface area (Å²) in [6.45, 7) is 11.2. The third-order valence-corrected chi connectivity index (χ3v) is 4.07. The van der Waals surface area contributed by atoms with E-state index in [1.807, 2.05) is 20.8 Å². The van der Waals surface area contributed by atoms with E-state index in [9.17, 15) is 4.79 Å². The lowest BCUT2D eigenvalue weighted by Crippen LogP contribution is -2.62. The molecule has 0 radical (unpaired) electrons. The van der Waals surface area contributed by atoms with Crippen LogP contribution in [-0.4, -0.2) is 41.0 Å². The summed E-state index contributed by atoms with van der Waals surface area (Å²) in [6.07, 6.45) is 3.59. The average Bonchev–Trinajstić information content (AvgIpc) is 2.58. The van der Waals surface area contributed by atoms with E-state index in [-0.39, 0.29) is 11.9 Å². The summed E-state index contributed by atoms with van der Waals surface area (Å²) in [7, 11) is 0. The van der Waals surface area contributed by atoms with Crippen LogP contribution in [0.4, 0.5) is 0 Å². The molecule has 3 unspecified atom stereocenters. The van der Waals surface area contributed by atoms with E-state index in [0.29, 0.717) is 18.6 Å². The van der Waals surface area contributed by atoms with Gasteiger partial charge in [-0.25, -0.2) is 0 Å². The molecule has 1 heterocycles. The zero-order valence-electron chi connectivity index (χ0n) is 12.5. The highest BCUT2D eigenvalue weighted by Crippen LogP contribution is 2.27. The van der Waals surface area contributed by atoms with Gasteiger partial charge in [-0.2, -0.15) is 0 Å². The number of nitrogens with zero attached hydrogens (tertiary/aromatic N) is 1. The number of rotatable bonds is 6. The first kappa shape index (κ1) is 15.4. The molecule has 0 aromatic carbocycles. The van der Waals surface area contributed by atoms with Gasteiger partial charge in [-0.3, -0.25) is 9.69 Å². The standard InChI is InChI=1S/C14H29N3O/c1-6-12-8-7-11(4)17(12)9-14(5,13(15)18)16-10(2)3/h10-12,16H,6-9H2,1-5H3,(H2,15,18). The minimum absolute atomic E-state index is 0.250. The molecule has 106 valence electrons. The molecule has 4 nitrogen and oxygen atoms in total. The number of carbonyl (C=O) groups is 1. The second kappa shape index (κ2) is 6.02. The Labute approximate surface area is 111 Å². The molecule has 1 saturated heterocycles. The van der Waals surface area contributed by atoms with Crippen molar-refractivity contribution in [2.75, 3.05) is 6.54 Å². The van der Waals surface area contributed by atoms with Crippen molar-refractivity contribution in [2.45, 2.75) is 77.5 Å². The van der Waals surface area contributed by atoms with Crippen molar-refractivity contribution < 1.29 is 4.79 Å².